The van der Waals surface area contributed by atoms with Crippen molar-refractivity contribution in [2.24, 2.45) is 5.92 Å². The lowest BCUT2D eigenvalue weighted by atomic mass is 9.96. The summed E-state index contributed by atoms with van der Waals surface area (Å²) in [5.41, 5.74) is 0.907. The van der Waals surface area contributed by atoms with Crippen molar-refractivity contribution in [2.75, 3.05) is 26.2 Å². The van der Waals surface area contributed by atoms with Crippen molar-refractivity contribution in [3.8, 4) is 5.75 Å². The van der Waals surface area contributed by atoms with Crippen molar-refractivity contribution >= 4 is 10.0 Å². The maximum absolute atomic E-state index is 12.7. The summed E-state index contributed by atoms with van der Waals surface area (Å²) in [7, 11) is -3.55. The van der Waals surface area contributed by atoms with E-state index in [2.05, 4.69) is 23.5 Å². The van der Waals surface area contributed by atoms with Crippen molar-refractivity contribution in [2.45, 2.75) is 51.5 Å². The monoisotopic (exact) mass is 354 g/mol. The van der Waals surface area contributed by atoms with Crippen molar-refractivity contribution in [1.29, 1.82) is 0 Å². The Balaban J connectivity index is 2.01. The molecular formula is C18H30N2O3S. The van der Waals surface area contributed by atoms with Crippen LogP contribution in [0.25, 0.3) is 0 Å². The molecule has 0 bridgehead atoms. The zero-order valence-corrected chi connectivity index (χ0v) is 16.0. The molecule has 0 radical (unpaired) electrons. The molecule has 1 aromatic carbocycles. The number of aryl methyl sites for hydroxylation is 1. The van der Waals surface area contributed by atoms with Gasteiger partial charge >= 0.3 is 0 Å². The summed E-state index contributed by atoms with van der Waals surface area (Å²) in [6, 6.07) is 5.83. The molecule has 0 aliphatic carbocycles. The molecule has 0 saturated carbocycles. The lowest BCUT2D eigenvalue weighted by Crippen LogP contribution is -2.41. The Bertz CT molecular complexity index is 636. The first kappa shape index (κ1) is 19.2. The molecular weight excluding hydrogens is 324 g/mol. The average Bonchev–Trinajstić information content (AvgIpc) is 2.55. The second kappa shape index (κ2) is 8.32. The van der Waals surface area contributed by atoms with Crippen LogP contribution in [-0.2, 0) is 10.0 Å². The van der Waals surface area contributed by atoms with Crippen LogP contribution in [0.5, 0.6) is 5.75 Å². The van der Waals surface area contributed by atoms with E-state index in [1.165, 1.54) is 0 Å². The van der Waals surface area contributed by atoms with Gasteiger partial charge in [-0.2, -0.15) is 0 Å². The maximum Gasteiger partial charge on any atom is 0.244 e. The highest BCUT2D eigenvalue weighted by Crippen LogP contribution is 2.26. The zero-order chi connectivity index (χ0) is 17.7. The predicted molar refractivity (Wildman–Crippen MR) is 97.0 cm³/mol. The number of nitrogens with one attached hydrogen (secondary N) is 1. The van der Waals surface area contributed by atoms with Gasteiger partial charge in [-0.3, -0.25) is 0 Å². The minimum atomic E-state index is -3.55. The number of nitrogens with zero attached hydrogens (tertiary/aromatic N) is 1. The first-order chi connectivity index (χ1) is 11.3. The van der Waals surface area contributed by atoms with E-state index in [0.29, 0.717) is 30.9 Å². The molecule has 136 valence electrons. The molecule has 1 fully saturated rings. The highest BCUT2D eigenvalue weighted by molar-refractivity contribution is 7.89. The van der Waals surface area contributed by atoms with E-state index in [4.69, 9.17) is 4.74 Å². The van der Waals surface area contributed by atoms with Gasteiger partial charge < -0.3 is 9.64 Å². The molecule has 0 unspecified atom stereocenters. The molecule has 6 heteroatoms. The molecule has 1 aliphatic heterocycles. The smallest absolute Gasteiger partial charge is 0.244 e. The van der Waals surface area contributed by atoms with Crippen LogP contribution >= 0.6 is 0 Å². The van der Waals surface area contributed by atoms with E-state index in [9.17, 15) is 8.42 Å². The molecule has 1 aliphatic rings. The zero-order valence-electron chi connectivity index (χ0n) is 15.2. The average molecular weight is 355 g/mol. The van der Waals surface area contributed by atoms with E-state index in [0.717, 1.165) is 31.5 Å². The Labute approximate surface area is 146 Å². The van der Waals surface area contributed by atoms with E-state index in [-0.39, 0.29) is 4.90 Å². The van der Waals surface area contributed by atoms with Gasteiger partial charge in [0, 0.05) is 12.6 Å². The number of piperidine rings is 1. The molecule has 0 amide bonds. The second-order valence-electron chi connectivity index (χ2n) is 6.81. The molecule has 0 aromatic heterocycles. The minimum absolute atomic E-state index is 0.240. The third-order valence-electron chi connectivity index (χ3n) is 4.63. The van der Waals surface area contributed by atoms with Crippen LogP contribution in [0.2, 0.25) is 0 Å². The number of benzene rings is 1. The first-order valence-corrected chi connectivity index (χ1v) is 10.3. The number of hydrogen-bond donors (Lipinski definition) is 1. The predicted octanol–water partition coefficient (Wildman–Crippen LogP) is 2.79. The number of likely N-dealkylation sites (tertiary alicyclic amines) is 1. The van der Waals surface area contributed by atoms with Crippen molar-refractivity contribution in [1.82, 2.24) is 9.62 Å². The number of hydrogen-bond acceptors (Lipinski definition) is 4. The number of rotatable bonds is 7. The van der Waals surface area contributed by atoms with Crippen LogP contribution in [0, 0.1) is 12.8 Å². The molecule has 1 saturated heterocycles. The summed E-state index contributed by atoms with van der Waals surface area (Å²) in [6.07, 6.45) is 2.07. The highest BCUT2D eigenvalue weighted by atomic mass is 32.2. The Kier molecular flexibility index (Phi) is 6.66. The van der Waals surface area contributed by atoms with Gasteiger partial charge in [-0.15, -0.1) is 0 Å². The van der Waals surface area contributed by atoms with Crippen LogP contribution in [0.3, 0.4) is 0 Å². The Morgan fingerprint density at radius 2 is 1.96 bits per heavy atom. The van der Waals surface area contributed by atoms with Crippen LogP contribution in [0.15, 0.2) is 23.1 Å². The molecule has 1 aromatic rings. The van der Waals surface area contributed by atoms with E-state index >= 15 is 0 Å². The standard InChI is InChI=1S/C18H30N2O3S/c1-5-23-17-7-6-15(4)12-18(17)24(21,22)19-13-16-8-10-20(11-9-16)14(2)3/h6-7,12,14,16,19H,5,8-11,13H2,1-4H3. The topological polar surface area (TPSA) is 58.6 Å². The third-order valence-corrected chi connectivity index (χ3v) is 6.07. The molecule has 5 nitrogen and oxygen atoms in total. The highest BCUT2D eigenvalue weighted by Gasteiger charge is 2.24. The summed E-state index contributed by atoms with van der Waals surface area (Å²) in [5.74, 6) is 0.820. The number of sulfonamides is 1. The second-order valence-corrected chi connectivity index (χ2v) is 8.54. The van der Waals surface area contributed by atoms with Gasteiger partial charge in [0.05, 0.1) is 6.61 Å². The van der Waals surface area contributed by atoms with Crippen LogP contribution in [0.4, 0.5) is 0 Å². The van der Waals surface area contributed by atoms with Gasteiger partial charge in [-0.1, -0.05) is 6.07 Å². The van der Waals surface area contributed by atoms with Gasteiger partial charge in [0.2, 0.25) is 10.0 Å². The first-order valence-electron chi connectivity index (χ1n) is 8.80. The Hall–Kier alpha value is -1.11. The maximum atomic E-state index is 12.7. The quantitative estimate of drug-likeness (QED) is 0.818. The fourth-order valence-corrected chi connectivity index (χ4v) is 4.42. The van der Waals surface area contributed by atoms with Gasteiger partial charge in [-0.05, 0) is 77.2 Å². The fourth-order valence-electron chi connectivity index (χ4n) is 3.08. The largest absolute Gasteiger partial charge is 0.492 e. The van der Waals surface area contributed by atoms with Crippen molar-refractivity contribution in [3.63, 3.8) is 0 Å². The van der Waals surface area contributed by atoms with Crippen molar-refractivity contribution in [3.05, 3.63) is 23.8 Å². The normalized spacial score (nSPS) is 17.4. The third kappa shape index (κ3) is 4.94. The van der Waals surface area contributed by atoms with Crippen LogP contribution in [-0.4, -0.2) is 45.6 Å². The molecule has 2 rings (SSSR count). The molecule has 0 spiro atoms. The van der Waals surface area contributed by atoms with Crippen molar-refractivity contribution < 1.29 is 13.2 Å². The van der Waals surface area contributed by atoms with Gasteiger partial charge in [0.25, 0.3) is 0 Å². The van der Waals surface area contributed by atoms with Gasteiger partial charge in [-0.25, -0.2) is 13.1 Å². The van der Waals surface area contributed by atoms with E-state index in [1.54, 1.807) is 12.1 Å². The minimum Gasteiger partial charge on any atom is -0.492 e. The summed E-state index contributed by atoms with van der Waals surface area (Å²) in [4.78, 5) is 2.68. The molecule has 24 heavy (non-hydrogen) atoms. The summed E-state index contributed by atoms with van der Waals surface area (Å²) >= 11 is 0. The van der Waals surface area contributed by atoms with E-state index < -0.39 is 10.0 Å². The molecule has 0 atom stereocenters. The fraction of sp³-hybridized carbons (Fsp3) is 0.667. The lowest BCUT2D eigenvalue weighted by Gasteiger charge is -2.34. The lowest BCUT2D eigenvalue weighted by molar-refractivity contribution is 0.150. The van der Waals surface area contributed by atoms with Crippen LogP contribution < -0.4 is 9.46 Å². The summed E-state index contributed by atoms with van der Waals surface area (Å²) < 4.78 is 33.7. The summed E-state index contributed by atoms with van der Waals surface area (Å²) in [6.45, 7) is 11.2. The van der Waals surface area contributed by atoms with Crippen LogP contribution in [0.1, 0.15) is 39.2 Å². The van der Waals surface area contributed by atoms with Gasteiger partial charge in [0.1, 0.15) is 10.6 Å². The van der Waals surface area contributed by atoms with Gasteiger partial charge in [0.15, 0.2) is 0 Å². The SMILES string of the molecule is CCOc1ccc(C)cc1S(=O)(=O)NCC1CCN(C(C)C)CC1. The molecule has 1 N–H and O–H groups in total. The summed E-state index contributed by atoms with van der Waals surface area (Å²) in [5, 5.41) is 0. The van der Waals surface area contributed by atoms with E-state index in [1.807, 2.05) is 19.9 Å². The number of ether oxygens (including phenoxy) is 1. The Morgan fingerprint density at radius 1 is 1.29 bits per heavy atom. The molecule has 1 heterocycles. The Morgan fingerprint density at radius 3 is 2.54 bits per heavy atom.